The van der Waals surface area contributed by atoms with Crippen LogP contribution in [0.15, 0.2) is 6.20 Å². The molecule has 0 saturated heterocycles. The molecule has 1 aromatic rings. The Morgan fingerprint density at radius 2 is 2.14 bits per heavy atom. The Morgan fingerprint density at radius 3 is 2.67 bits per heavy atom. The average Bonchev–Trinajstić information content (AvgIpc) is 3.05. The molecule has 6 heteroatoms. The second kappa shape index (κ2) is 6.77. The highest BCUT2D eigenvalue weighted by molar-refractivity contribution is 5.30. The molecule has 1 unspecified atom stereocenters. The fraction of sp³-hybridized carbons (Fsp3) is 0.800. The van der Waals surface area contributed by atoms with Crippen LogP contribution >= 0.6 is 0 Å². The molecule has 6 nitrogen and oxygen atoms in total. The fourth-order valence-corrected chi connectivity index (χ4v) is 3.38. The van der Waals surface area contributed by atoms with Crippen LogP contribution in [0, 0.1) is 5.41 Å². The predicted molar refractivity (Wildman–Crippen MR) is 84.0 cm³/mol. The first-order valence-corrected chi connectivity index (χ1v) is 7.72. The van der Waals surface area contributed by atoms with Crippen molar-refractivity contribution in [3.05, 3.63) is 11.9 Å². The predicted octanol–water partition coefficient (Wildman–Crippen LogP) is 1.54. The summed E-state index contributed by atoms with van der Waals surface area (Å²) < 4.78 is 7.56. The van der Waals surface area contributed by atoms with Crippen LogP contribution in [-0.2, 0) is 6.54 Å². The molecule has 120 valence electrons. The van der Waals surface area contributed by atoms with Crippen molar-refractivity contribution in [2.45, 2.75) is 45.2 Å². The zero-order valence-electron chi connectivity index (χ0n) is 13.7. The number of aromatic nitrogens is 2. The maximum Gasteiger partial charge on any atom is 0.161 e. The van der Waals surface area contributed by atoms with Gasteiger partial charge in [-0.1, -0.05) is 19.8 Å². The Hall–Kier alpha value is -1.11. The Balaban J connectivity index is 2.31. The molecule has 1 aliphatic rings. The number of hydrazine groups is 1. The van der Waals surface area contributed by atoms with E-state index < -0.39 is 0 Å². The van der Waals surface area contributed by atoms with Gasteiger partial charge in [0.25, 0.3) is 0 Å². The Labute approximate surface area is 127 Å². The fourth-order valence-electron chi connectivity index (χ4n) is 3.38. The minimum absolute atomic E-state index is 0.0691. The highest BCUT2D eigenvalue weighted by Gasteiger charge is 2.40. The quantitative estimate of drug-likeness (QED) is 0.590. The summed E-state index contributed by atoms with van der Waals surface area (Å²) in [6.45, 7) is 4.08. The highest BCUT2D eigenvalue weighted by atomic mass is 16.5. The lowest BCUT2D eigenvalue weighted by atomic mass is 9.79. The summed E-state index contributed by atoms with van der Waals surface area (Å²) in [5, 5.41) is 4.50. The van der Waals surface area contributed by atoms with Crippen molar-refractivity contribution in [3.8, 4) is 5.75 Å². The molecule has 3 N–H and O–H groups in total. The zero-order chi connectivity index (χ0) is 15.5. The van der Waals surface area contributed by atoms with E-state index in [0.29, 0.717) is 0 Å². The van der Waals surface area contributed by atoms with Gasteiger partial charge in [-0.3, -0.25) is 16.0 Å². The van der Waals surface area contributed by atoms with E-state index in [-0.39, 0.29) is 11.5 Å². The number of nitrogens with two attached hydrogens (primary N) is 1. The lowest BCUT2D eigenvalue weighted by Gasteiger charge is -2.34. The second-order valence-electron chi connectivity index (χ2n) is 6.59. The number of nitrogens with one attached hydrogen (secondary N) is 1. The number of likely N-dealkylation sites (N-methyl/N-ethyl adjacent to an activating group) is 1. The summed E-state index contributed by atoms with van der Waals surface area (Å²) >= 11 is 0. The maximum atomic E-state index is 5.92. The molecule has 1 atom stereocenters. The average molecular weight is 295 g/mol. The first-order valence-electron chi connectivity index (χ1n) is 7.72. The monoisotopic (exact) mass is 295 g/mol. The molecule has 0 bridgehead atoms. The summed E-state index contributed by atoms with van der Waals surface area (Å²) in [4.78, 5) is 2.15. The zero-order valence-corrected chi connectivity index (χ0v) is 13.7. The van der Waals surface area contributed by atoms with Gasteiger partial charge in [-0.05, 0) is 32.4 Å². The summed E-state index contributed by atoms with van der Waals surface area (Å²) in [7, 11) is 5.83. The van der Waals surface area contributed by atoms with Gasteiger partial charge in [0.1, 0.15) is 0 Å². The second-order valence-corrected chi connectivity index (χ2v) is 6.59. The van der Waals surface area contributed by atoms with Crippen LogP contribution in [0.2, 0.25) is 0 Å². The van der Waals surface area contributed by atoms with E-state index in [2.05, 4.69) is 36.4 Å². The Morgan fingerprint density at radius 1 is 1.48 bits per heavy atom. The molecule has 1 aliphatic carbocycles. The van der Waals surface area contributed by atoms with Crippen LogP contribution in [0.4, 0.5) is 0 Å². The molecule has 0 amide bonds. The molecule has 1 aromatic heterocycles. The van der Waals surface area contributed by atoms with Crippen molar-refractivity contribution in [1.29, 1.82) is 0 Å². The van der Waals surface area contributed by atoms with E-state index in [1.54, 1.807) is 13.3 Å². The summed E-state index contributed by atoms with van der Waals surface area (Å²) in [5.41, 5.74) is 4.28. The van der Waals surface area contributed by atoms with E-state index in [1.165, 1.54) is 25.7 Å². The molecule has 1 saturated carbocycles. The highest BCUT2D eigenvalue weighted by Crippen LogP contribution is 2.48. The summed E-state index contributed by atoms with van der Waals surface area (Å²) in [6.07, 6.45) is 6.70. The van der Waals surface area contributed by atoms with Crippen LogP contribution < -0.4 is 16.0 Å². The van der Waals surface area contributed by atoms with Gasteiger partial charge in [0.15, 0.2) is 5.75 Å². The molecule has 0 spiro atoms. The standard InChI is InChI=1S/C15H29N5O/c1-15(7-5-6-8-15)14(18-16)13-12(21-4)11-17-20(13)10-9-19(2)3/h11,14,18H,5-10,16H2,1-4H3. The van der Waals surface area contributed by atoms with Crippen molar-refractivity contribution in [3.63, 3.8) is 0 Å². The third-order valence-electron chi connectivity index (χ3n) is 4.71. The van der Waals surface area contributed by atoms with E-state index in [1.807, 2.05) is 4.68 Å². The van der Waals surface area contributed by atoms with Crippen LogP contribution in [0.25, 0.3) is 0 Å². The van der Waals surface area contributed by atoms with Gasteiger partial charge in [0, 0.05) is 6.54 Å². The van der Waals surface area contributed by atoms with Gasteiger partial charge in [0.05, 0.1) is 31.6 Å². The smallest absolute Gasteiger partial charge is 0.161 e. The number of nitrogens with zero attached hydrogens (tertiary/aromatic N) is 3. The molecule has 2 rings (SSSR count). The van der Waals surface area contributed by atoms with Crippen LogP contribution in [-0.4, -0.2) is 42.4 Å². The minimum Gasteiger partial charge on any atom is -0.493 e. The van der Waals surface area contributed by atoms with Gasteiger partial charge in [-0.2, -0.15) is 5.10 Å². The minimum atomic E-state index is 0.0691. The van der Waals surface area contributed by atoms with E-state index in [9.17, 15) is 0 Å². The molecule has 1 heterocycles. The lowest BCUT2D eigenvalue weighted by molar-refractivity contribution is 0.207. The topological polar surface area (TPSA) is 68.3 Å². The lowest BCUT2D eigenvalue weighted by Crippen LogP contribution is -2.40. The first kappa shape index (κ1) is 16.3. The Bertz CT molecular complexity index is 451. The van der Waals surface area contributed by atoms with Crippen molar-refractivity contribution >= 4 is 0 Å². The molecular weight excluding hydrogens is 266 g/mol. The molecule has 21 heavy (non-hydrogen) atoms. The third-order valence-corrected chi connectivity index (χ3v) is 4.71. The van der Waals surface area contributed by atoms with E-state index in [4.69, 9.17) is 10.6 Å². The number of methoxy groups -OCH3 is 1. The normalized spacial score (nSPS) is 19.1. The SMILES string of the molecule is COc1cnn(CCN(C)C)c1C(NN)C1(C)CCCC1. The summed E-state index contributed by atoms with van der Waals surface area (Å²) in [5.74, 6) is 6.74. The van der Waals surface area contributed by atoms with Crippen molar-refractivity contribution in [1.82, 2.24) is 20.1 Å². The van der Waals surface area contributed by atoms with E-state index >= 15 is 0 Å². The van der Waals surface area contributed by atoms with Gasteiger partial charge in [-0.15, -0.1) is 0 Å². The van der Waals surface area contributed by atoms with Gasteiger partial charge >= 0.3 is 0 Å². The molecule has 0 aromatic carbocycles. The number of hydrogen-bond acceptors (Lipinski definition) is 5. The van der Waals surface area contributed by atoms with Gasteiger partial charge in [-0.25, -0.2) is 0 Å². The first-order chi connectivity index (χ1) is 10.0. The summed E-state index contributed by atoms with van der Waals surface area (Å²) in [6, 6.07) is 0.0691. The Kier molecular flexibility index (Phi) is 5.24. The van der Waals surface area contributed by atoms with E-state index in [0.717, 1.165) is 24.5 Å². The largest absolute Gasteiger partial charge is 0.493 e. The van der Waals surface area contributed by atoms with Crippen molar-refractivity contribution in [2.75, 3.05) is 27.7 Å². The van der Waals surface area contributed by atoms with Crippen molar-refractivity contribution in [2.24, 2.45) is 11.3 Å². The molecule has 1 fully saturated rings. The molecular formula is C15H29N5O. The number of hydrogen-bond donors (Lipinski definition) is 2. The number of rotatable bonds is 7. The van der Waals surface area contributed by atoms with Crippen molar-refractivity contribution < 1.29 is 4.74 Å². The van der Waals surface area contributed by atoms with Crippen LogP contribution in [0.1, 0.15) is 44.3 Å². The van der Waals surface area contributed by atoms with Gasteiger partial charge < -0.3 is 9.64 Å². The van der Waals surface area contributed by atoms with Crippen LogP contribution in [0.3, 0.4) is 0 Å². The third kappa shape index (κ3) is 3.39. The molecule has 0 radical (unpaired) electrons. The molecule has 0 aliphatic heterocycles. The maximum absolute atomic E-state index is 5.92. The number of ether oxygens (including phenoxy) is 1. The van der Waals surface area contributed by atoms with Crippen LogP contribution in [0.5, 0.6) is 5.75 Å². The van der Waals surface area contributed by atoms with Gasteiger partial charge in [0.2, 0.25) is 0 Å².